The molecule has 0 bridgehead atoms. The summed E-state index contributed by atoms with van der Waals surface area (Å²) in [6.07, 6.45) is 0. The van der Waals surface area contributed by atoms with Crippen LogP contribution in [0.1, 0.15) is 11.1 Å². The average Bonchev–Trinajstić information content (AvgIpc) is 4.02. The zero-order valence-corrected chi connectivity index (χ0v) is 30.5. The molecule has 0 saturated carbocycles. The van der Waals surface area contributed by atoms with Crippen LogP contribution in [0.2, 0.25) is 0 Å². The van der Waals surface area contributed by atoms with Gasteiger partial charge < -0.3 is 18.0 Å². The molecule has 0 N–H and O–H groups in total. The van der Waals surface area contributed by atoms with Crippen LogP contribution in [0.5, 0.6) is 0 Å². The Kier molecular flexibility index (Phi) is 6.41. The number of rotatable bonds is 3. The molecule has 7 nitrogen and oxygen atoms in total. The van der Waals surface area contributed by atoms with Gasteiger partial charge in [0, 0.05) is 59.9 Å². The molecule has 0 fully saturated rings. The molecule has 0 aliphatic heterocycles. The van der Waals surface area contributed by atoms with Gasteiger partial charge >= 0.3 is 0 Å². The molecule has 58 heavy (non-hydrogen) atoms. The summed E-state index contributed by atoms with van der Waals surface area (Å²) in [6.45, 7) is 8.44. The Morgan fingerprint density at radius 2 is 1.16 bits per heavy atom. The maximum atomic E-state index is 11.0. The van der Waals surface area contributed by atoms with Crippen molar-refractivity contribution >= 4 is 93.2 Å². The van der Waals surface area contributed by atoms with Crippen LogP contribution in [-0.4, -0.2) is 9.13 Å². The highest BCUT2D eigenvalue weighted by Crippen LogP contribution is 2.46. The van der Waals surface area contributed by atoms with Gasteiger partial charge in [-0.15, -0.1) is 0 Å². The molecule has 0 amide bonds. The van der Waals surface area contributed by atoms with Gasteiger partial charge in [-0.25, -0.2) is 4.85 Å². The Labute approximate surface area is 329 Å². The lowest BCUT2D eigenvalue weighted by atomic mass is 9.95. The fourth-order valence-electron chi connectivity index (χ4n) is 9.19. The van der Waals surface area contributed by atoms with Gasteiger partial charge in [-0.05, 0) is 78.4 Å². The summed E-state index contributed by atoms with van der Waals surface area (Å²) in [5.74, 6) is 0. The molecule has 0 radical (unpaired) electrons. The van der Waals surface area contributed by atoms with Crippen molar-refractivity contribution in [3.05, 3.63) is 174 Å². The van der Waals surface area contributed by atoms with Crippen LogP contribution >= 0.6 is 0 Å². The molecule has 8 aromatic carbocycles. The van der Waals surface area contributed by atoms with Crippen LogP contribution in [0.25, 0.3) is 115 Å². The van der Waals surface area contributed by atoms with Crippen molar-refractivity contribution in [2.75, 3.05) is 0 Å². The highest BCUT2D eigenvalue weighted by Gasteiger charge is 2.24. The topological polar surface area (TPSA) is 88.1 Å². The lowest BCUT2D eigenvalue weighted by molar-refractivity contribution is 0.669. The standard InChI is InChI=1S/C51H25N5O2/c1-54-40-23-29(27-52)22-39(51(40)56-41-14-6-2-10-33(41)37-26-48-38(25-44(37)56)34-11-4-8-16-45(34)58-48)32-19-18-31(24-30(32)28-53)55-42-15-7-3-12-35(42)49-43(55)20-21-47-50(49)36-13-5-9-17-46(36)57-47/h2-26H. The first-order chi connectivity index (χ1) is 28.6. The molecule has 0 aliphatic rings. The van der Waals surface area contributed by atoms with E-state index >= 15 is 0 Å². The first-order valence-corrected chi connectivity index (χ1v) is 18.8. The Hall–Kier alpha value is -8.57. The molecule has 4 aromatic heterocycles. The Morgan fingerprint density at radius 3 is 1.93 bits per heavy atom. The van der Waals surface area contributed by atoms with E-state index in [0.717, 1.165) is 93.2 Å². The minimum Gasteiger partial charge on any atom is -0.456 e. The highest BCUT2D eigenvalue weighted by molar-refractivity contribution is 6.27. The number of nitriles is 2. The number of benzene rings is 8. The first-order valence-electron chi connectivity index (χ1n) is 18.8. The fourth-order valence-corrected chi connectivity index (χ4v) is 9.19. The molecule has 7 heteroatoms. The minimum atomic E-state index is 0.306. The molecule has 266 valence electrons. The van der Waals surface area contributed by atoms with E-state index in [9.17, 15) is 10.5 Å². The van der Waals surface area contributed by atoms with Crippen molar-refractivity contribution in [3.8, 4) is 34.6 Å². The summed E-state index contributed by atoms with van der Waals surface area (Å²) in [5, 5.41) is 29.4. The van der Waals surface area contributed by atoms with Gasteiger partial charge in [0.1, 0.15) is 22.3 Å². The predicted octanol–water partition coefficient (Wildman–Crippen LogP) is 13.6. The largest absolute Gasteiger partial charge is 0.456 e. The molecule has 0 spiro atoms. The molecule has 0 aliphatic carbocycles. The van der Waals surface area contributed by atoms with E-state index in [0.29, 0.717) is 33.6 Å². The predicted molar refractivity (Wildman–Crippen MR) is 231 cm³/mol. The molecule has 0 unspecified atom stereocenters. The van der Waals surface area contributed by atoms with E-state index in [-0.39, 0.29) is 0 Å². The molecule has 0 atom stereocenters. The number of fused-ring (bicyclic) bond motifs is 13. The van der Waals surface area contributed by atoms with Crippen LogP contribution in [0.15, 0.2) is 160 Å². The summed E-state index contributed by atoms with van der Waals surface area (Å²) in [7, 11) is 0. The normalized spacial score (nSPS) is 11.7. The second-order valence-electron chi connectivity index (χ2n) is 14.6. The lowest BCUT2D eigenvalue weighted by Gasteiger charge is -2.18. The molecule has 12 aromatic rings. The highest BCUT2D eigenvalue weighted by atomic mass is 16.3. The van der Waals surface area contributed by atoms with Crippen molar-refractivity contribution in [3.63, 3.8) is 0 Å². The van der Waals surface area contributed by atoms with Crippen molar-refractivity contribution in [2.24, 2.45) is 0 Å². The van der Waals surface area contributed by atoms with Crippen LogP contribution in [0.4, 0.5) is 5.69 Å². The van der Waals surface area contributed by atoms with E-state index in [4.69, 9.17) is 15.4 Å². The number of hydrogen-bond donors (Lipinski definition) is 0. The van der Waals surface area contributed by atoms with Gasteiger partial charge in [0.05, 0.1) is 52.0 Å². The van der Waals surface area contributed by atoms with Gasteiger partial charge in [0.15, 0.2) is 0 Å². The van der Waals surface area contributed by atoms with Crippen molar-refractivity contribution in [2.45, 2.75) is 0 Å². The summed E-state index contributed by atoms with van der Waals surface area (Å²) in [5.41, 5.74) is 10.7. The van der Waals surface area contributed by atoms with Gasteiger partial charge in [0.25, 0.3) is 0 Å². The smallest absolute Gasteiger partial charge is 0.212 e. The molecule has 0 saturated heterocycles. The number of furan rings is 2. The number of aromatic nitrogens is 2. The maximum Gasteiger partial charge on any atom is 0.212 e. The van der Waals surface area contributed by atoms with Gasteiger partial charge in [-0.3, -0.25) is 0 Å². The Bertz CT molecular complexity index is 3910. The lowest BCUT2D eigenvalue weighted by Crippen LogP contribution is -2.01. The van der Waals surface area contributed by atoms with E-state index in [1.165, 1.54) is 0 Å². The minimum absolute atomic E-state index is 0.306. The average molecular weight is 740 g/mol. The Balaban J connectivity index is 1.14. The molecular formula is C51H25N5O2. The van der Waals surface area contributed by atoms with Crippen molar-refractivity contribution < 1.29 is 8.83 Å². The quantitative estimate of drug-likeness (QED) is 0.169. The first kappa shape index (κ1) is 31.7. The summed E-state index contributed by atoms with van der Waals surface area (Å²) >= 11 is 0. The number of para-hydroxylation sites is 4. The maximum absolute atomic E-state index is 11.0. The van der Waals surface area contributed by atoms with Gasteiger partial charge in [-0.2, -0.15) is 10.5 Å². The number of hydrogen-bond acceptors (Lipinski definition) is 4. The van der Waals surface area contributed by atoms with E-state index < -0.39 is 0 Å². The zero-order valence-electron chi connectivity index (χ0n) is 30.5. The molecular weight excluding hydrogens is 715 g/mol. The molecule has 4 heterocycles. The van der Waals surface area contributed by atoms with E-state index in [1.807, 2.05) is 91.0 Å². The van der Waals surface area contributed by atoms with Crippen molar-refractivity contribution in [1.82, 2.24) is 9.13 Å². The van der Waals surface area contributed by atoms with Crippen LogP contribution in [-0.2, 0) is 0 Å². The monoisotopic (exact) mass is 739 g/mol. The van der Waals surface area contributed by atoms with E-state index in [1.54, 1.807) is 12.1 Å². The van der Waals surface area contributed by atoms with Gasteiger partial charge in [-0.1, -0.05) is 78.9 Å². The van der Waals surface area contributed by atoms with E-state index in [2.05, 4.69) is 74.6 Å². The summed E-state index contributed by atoms with van der Waals surface area (Å²) < 4.78 is 16.9. The second kappa shape index (κ2) is 11.7. The summed E-state index contributed by atoms with van der Waals surface area (Å²) in [4.78, 5) is 4.03. The van der Waals surface area contributed by atoms with Gasteiger partial charge in [0.2, 0.25) is 5.69 Å². The van der Waals surface area contributed by atoms with Crippen molar-refractivity contribution in [1.29, 1.82) is 10.5 Å². The zero-order chi connectivity index (χ0) is 38.6. The third-order valence-corrected chi connectivity index (χ3v) is 11.6. The SMILES string of the molecule is [C-]#[N+]c1cc(C#N)cc(-c2ccc(-n3c4ccccc4c4c5c(ccc43)oc3ccccc35)cc2C#N)c1-n1c2ccccc2c2cc3oc4ccccc4c3cc21. The third-order valence-electron chi connectivity index (χ3n) is 11.6. The third kappa shape index (κ3) is 4.23. The van der Waals surface area contributed by atoms with Crippen LogP contribution in [0.3, 0.4) is 0 Å². The van der Waals surface area contributed by atoms with Crippen LogP contribution < -0.4 is 0 Å². The summed E-state index contributed by atoms with van der Waals surface area (Å²) in [6, 6.07) is 54.9. The number of nitrogens with zero attached hydrogens (tertiary/aromatic N) is 5. The second-order valence-corrected chi connectivity index (χ2v) is 14.6. The van der Waals surface area contributed by atoms with Crippen LogP contribution in [0, 0.1) is 29.2 Å². The Morgan fingerprint density at radius 1 is 0.466 bits per heavy atom. The molecule has 12 rings (SSSR count). The fraction of sp³-hybridized carbons (Fsp3) is 0.